The molecule has 14 rings (SSSR count). The number of anilines is 3. The fourth-order valence-electron chi connectivity index (χ4n) is 10.7. The van der Waals surface area contributed by atoms with E-state index in [0.717, 1.165) is 83.4 Å². The van der Waals surface area contributed by atoms with E-state index in [9.17, 15) is 0 Å². The lowest BCUT2D eigenvalue weighted by Crippen LogP contribution is -2.13. The van der Waals surface area contributed by atoms with Gasteiger partial charge in [0.05, 0.1) is 39.3 Å². The normalized spacial score (nSPS) is 11.9. The van der Waals surface area contributed by atoms with Crippen LogP contribution in [-0.4, -0.2) is 4.57 Å². The Hall–Kier alpha value is -8.44. The molecule has 0 aliphatic heterocycles. The Kier molecular flexibility index (Phi) is 8.15. The maximum absolute atomic E-state index is 7.17. The number of nitrogens with zero attached hydrogens (tertiary/aromatic N) is 2. The van der Waals surface area contributed by atoms with Crippen LogP contribution in [0.1, 0.15) is 0 Å². The second-order valence-electron chi connectivity index (χ2n) is 17.1. The van der Waals surface area contributed by atoms with Crippen molar-refractivity contribution in [1.82, 2.24) is 4.57 Å². The Bertz CT molecular complexity index is 4210. The van der Waals surface area contributed by atoms with E-state index in [0.29, 0.717) is 0 Å². The van der Waals surface area contributed by atoms with Crippen LogP contribution in [0.15, 0.2) is 235 Å². The molecule has 0 spiro atoms. The number of benzene rings is 11. The van der Waals surface area contributed by atoms with Crippen molar-refractivity contribution in [3.63, 3.8) is 0 Å². The highest BCUT2D eigenvalue weighted by Crippen LogP contribution is 2.52. The molecule has 0 fully saturated rings. The summed E-state index contributed by atoms with van der Waals surface area (Å²) < 4.78 is 12.2. The molecule has 0 aliphatic carbocycles. The number of thiophene rings is 1. The molecule has 0 bridgehead atoms. The topological polar surface area (TPSA) is 21.3 Å². The van der Waals surface area contributed by atoms with Crippen molar-refractivity contribution in [3.8, 4) is 27.9 Å². The fraction of sp³-hybridized carbons (Fsp3) is 0. The maximum atomic E-state index is 7.17. The molecular weight excluding hydrogens is 821 g/mol. The minimum Gasteiger partial charge on any atom is -0.455 e. The molecule has 3 aromatic heterocycles. The number of hydrogen-bond donors (Lipinski definition) is 0. The van der Waals surface area contributed by atoms with Gasteiger partial charge in [0, 0.05) is 58.2 Å². The van der Waals surface area contributed by atoms with E-state index in [2.05, 4.69) is 240 Å². The van der Waals surface area contributed by atoms with Crippen molar-refractivity contribution in [2.75, 3.05) is 4.90 Å². The minimum absolute atomic E-state index is 0.848. The molecular formula is C62H38N2OS. The molecule has 0 amide bonds. The van der Waals surface area contributed by atoms with Gasteiger partial charge in [-0.15, -0.1) is 11.3 Å². The monoisotopic (exact) mass is 858 g/mol. The SMILES string of the molecule is c1ccc(N(c2ccc3c(oc4ccccc43)c2-c2ccccc2-n2c3ccccc3c3ccccc32)c2cc3ccccc3c3ccccc23)c(-c2ccc3sc4ccccc4c3c2)c1. The number of para-hydroxylation sites is 5. The van der Waals surface area contributed by atoms with E-state index in [-0.39, 0.29) is 0 Å². The van der Waals surface area contributed by atoms with Gasteiger partial charge < -0.3 is 13.9 Å². The average Bonchev–Trinajstić information content (AvgIpc) is 4.06. The van der Waals surface area contributed by atoms with E-state index in [1.165, 1.54) is 47.1 Å². The van der Waals surface area contributed by atoms with Gasteiger partial charge in [-0.1, -0.05) is 164 Å². The highest BCUT2D eigenvalue weighted by Gasteiger charge is 2.28. The molecule has 0 unspecified atom stereocenters. The first-order chi connectivity index (χ1) is 32.8. The molecule has 11 aromatic carbocycles. The lowest BCUT2D eigenvalue weighted by atomic mass is 9.94. The first kappa shape index (κ1) is 37.0. The first-order valence-electron chi connectivity index (χ1n) is 22.5. The highest BCUT2D eigenvalue weighted by atomic mass is 32.1. The van der Waals surface area contributed by atoms with Gasteiger partial charge in [-0.3, -0.25) is 0 Å². The van der Waals surface area contributed by atoms with Gasteiger partial charge in [-0.25, -0.2) is 0 Å². The minimum atomic E-state index is 0.848. The molecule has 3 heterocycles. The maximum Gasteiger partial charge on any atom is 0.145 e. The van der Waals surface area contributed by atoms with Crippen LogP contribution in [0.5, 0.6) is 0 Å². The standard InChI is InChI=1S/C62H38N2OS/c1-2-18-41-39(17-1)38-57(44-21-4-3-20-43(41)44)64(52-27-11-5-19-42(52)40-33-36-60-51(37-40)48-25-10-16-32-59(48)66-60)56-35-34-49-47-24-9-15-31-58(47)65-62(49)61(56)50-26-8-14-30-55(50)63-53-28-12-6-22-45(53)46-23-7-13-29-54(46)63/h1-38H. The Morgan fingerprint density at radius 2 is 0.970 bits per heavy atom. The van der Waals surface area contributed by atoms with Crippen LogP contribution in [0.3, 0.4) is 0 Å². The summed E-state index contributed by atoms with van der Waals surface area (Å²) in [4.78, 5) is 2.52. The third kappa shape index (κ3) is 5.49. The molecule has 0 atom stereocenters. The van der Waals surface area contributed by atoms with Gasteiger partial charge in [-0.2, -0.15) is 0 Å². The van der Waals surface area contributed by atoms with Gasteiger partial charge >= 0.3 is 0 Å². The number of fused-ring (bicyclic) bond motifs is 12. The Labute approximate surface area is 384 Å². The van der Waals surface area contributed by atoms with Crippen molar-refractivity contribution >= 4 is 114 Å². The molecule has 0 aliphatic rings. The van der Waals surface area contributed by atoms with Gasteiger partial charge in [0.1, 0.15) is 11.2 Å². The molecule has 66 heavy (non-hydrogen) atoms. The van der Waals surface area contributed by atoms with Crippen LogP contribution < -0.4 is 4.90 Å². The Morgan fingerprint density at radius 1 is 0.364 bits per heavy atom. The lowest BCUT2D eigenvalue weighted by molar-refractivity contribution is 0.670. The van der Waals surface area contributed by atoms with Crippen LogP contribution in [0.2, 0.25) is 0 Å². The fourth-order valence-corrected chi connectivity index (χ4v) is 11.8. The third-order valence-corrected chi connectivity index (χ3v) is 14.7. The van der Waals surface area contributed by atoms with Gasteiger partial charge in [0.2, 0.25) is 0 Å². The quantitative estimate of drug-likeness (QED) is 0.155. The van der Waals surface area contributed by atoms with Crippen molar-refractivity contribution < 1.29 is 4.42 Å². The number of hydrogen-bond acceptors (Lipinski definition) is 3. The van der Waals surface area contributed by atoms with Gasteiger partial charge in [0.25, 0.3) is 0 Å². The van der Waals surface area contributed by atoms with Crippen LogP contribution in [0.4, 0.5) is 17.1 Å². The third-order valence-electron chi connectivity index (χ3n) is 13.6. The van der Waals surface area contributed by atoms with Crippen LogP contribution in [0.25, 0.3) is 113 Å². The van der Waals surface area contributed by atoms with Crippen molar-refractivity contribution in [2.24, 2.45) is 0 Å². The molecule has 0 saturated carbocycles. The molecule has 14 aromatic rings. The summed E-state index contributed by atoms with van der Waals surface area (Å²) in [6.45, 7) is 0. The van der Waals surface area contributed by atoms with E-state index in [1.54, 1.807) is 0 Å². The summed E-state index contributed by atoms with van der Waals surface area (Å²) in [5, 5.41) is 11.9. The zero-order chi connectivity index (χ0) is 43.3. The van der Waals surface area contributed by atoms with E-state index < -0.39 is 0 Å². The molecule has 0 radical (unpaired) electrons. The number of aromatic nitrogens is 1. The average molecular weight is 859 g/mol. The van der Waals surface area contributed by atoms with E-state index >= 15 is 0 Å². The van der Waals surface area contributed by atoms with Gasteiger partial charge in [0.15, 0.2) is 0 Å². The summed E-state index contributed by atoms with van der Waals surface area (Å²) in [5.41, 5.74) is 12.7. The lowest BCUT2D eigenvalue weighted by Gasteiger charge is -2.31. The zero-order valence-corrected chi connectivity index (χ0v) is 36.5. The first-order valence-corrected chi connectivity index (χ1v) is 23.3. The summed E-state index contributed by atoms with van der Waals surface area (Å²) in [6.07, 6.45) is 0. The molecule has 4 heteroatoms. The van der Waals surface area contributed by atoms with E-state index in [1.807, 2.05) is 11.3 Å². The highest BCUT2D eigenvalue weighted by molar-refractivity contribution is 7.25. The zero-order valence-electron chi connectivity index (χ0n) is 35.7. The smallest absolute Gasteiger partial charge is 0.145 e. The number of furan rings is 1. The molecule has 308 valence electrons. The van der Waals surface area contributed by atoms with Crippen molar-refractivity contribution in [2.45, 2.75) is 0 Å². The molecule has 0 N–H and O–H groups in total. The van der Waals surface area contributed by atoms with Crippen LogP contribution in [0, 0.1) is 0 Å². The van der Waals surface area contributed by atoms with Crippen LogP contribution >= 0.6 is 11.3 Å². The predicted octanol–water partition coefficient (Wildman–Crippen LogP) is 18.2. The second-order valence-corrected chi connectivity index (χ2v) is 18.2. The van der Waals surface area contributed by atoms with E-state index in [4.69, 9.17) is 4.42 Å². The Balaban J connectivity index is 1.13. The summed E-state index contributed by atoms with van der Waals surface area (Å²) in [5.74, 6) is 0. The largest absolute Gasteiger partial charge is 0.455 e. The van der Waals surface area contributed by atoms with Crippen LogP contribution in [-0.2, 0) is 0 Å². The van der Waals surface area contributed by atoms with Gasteiger partial charge in [-0.05, 0) is 88.5 Å². The van der Waals surface area contributed by atoms with Crippen molar-refractivity contribution in [3.05, 3.63) is 231 Å². The summed E-state index contributed by atoms with van der Waals surface area (Å²) in [7, 11) is 0. The summed E-state index contributed by atoms with van der Waals surface area (Å²) in [6, 6.07) is 84.2. The van der Waals surface area contributed by atoms with Crippen molar-refractivity contribution in [1.29, 1.82) is 0 Å². The number of rotatable bonds is 6. The molecule has 3 nitrogen and oxygen atoms in total. The predicted molar refractivity (Wildman–Crippen MR) is 282 cm³/mol. The molecule has 0 saturated heterocycles. The summed E-state index contributed by atoms with van der Waals surface area (Å²) >= 11 is 1.85. The Morgan fingerprint density at radius 3 is 1.79 bits per heavy atom. The second kappa shape index (κ2) is 14.5.